The second-order valence-corrected chi connectivity index (χ2v) is 8.93. The summed E-state index contributed by atoms with van der Waals surface area (Å²) in [7, 11) is 0. The molecule has 0 aromatic heterocycles. The third kappa shape index (κ3) is 5.39. The van der Waals surface area contributed by atoms with Crippen LogP contribution in [0.2, 0.25) is 0 Å². The second kappa shape index (κ2) is 11.0. The van der Waals surface area contributed by atoms with Gasteiger partial charge >= 0.3 is 5.97 Å². The minimum Gasteiger partial charge on any atom is -0.480 e. The lowest BCUT2D eigenvalue weighted by molar-refractivity contribution is -0.127. The van der Waals surface area contributed by atoms with Crippen molar-refractivity contribution in [1.29, 1.82) is 0 Å². The van der Waals surface area contributed by atoms with Crippen molar-refractivity contribution in [2.24, 2.45) is 5.10 Å². The minimum atomic E-state index is -0.788. The van der Waals surface area contributed by atoms with Crippen molar-refractivity contribution in [1.82, 2.24) is 5.43 Å². The standard InChI is InChI=1S/C32H26N2O4/c1-21-9-7-13-25(19-21)32(36)38-30-18-17-24-11-3-5-14-26(24)28(30)20-33-34-31(35)22(2)37-29-16-8-12-23-10-4-6-15-27(23)29/h3-20,22H,1-2H3,(H,34,35). The first-order valence-electron chi connectivity index (χ1n) is 12.3. The summed E-state index contributed by atoms with van der Waals surface area (Å²) < 4.78 is 11.7. The molecule has 0 bridgehead atoms. The second-order valence-electron chi connectivity index (χ2n) is 8.93. The van der Waals surface area contributed by atoms with Crippen molar-refractivity contribution in [3.8, 4) is 11.5 Å². The molecule has 38 heavy (non-hydrogen) atoms. The van der Waals surface area contributed by atoms with Crippen LogP contribution in [0.3, 0.4) is 0 Å². The Morgan fingerprint density at radius 3 is 2.26 bits per heavy atom. The molecule has 6 heteroatoms. The average Bonchev–Trinajstić information content (AvgIpc) is 2.94. The fourth-order valence-electron chi connectivity index (χ4n) is 4.22. The van der Waals surface area contributed by atoms with Gasteiger partial charge in [0.1, 0.15) is 11.5 Å². The zero-order valence-electron chi connectivity index (χ0n) is 21.0. The molecular weight excluding hydrogens is 476 g/mol. The smallest absolute Gasteiger partial charge is 0.343 e. The third-order valence-electron chi connectivity index (χ3n) is 6.18. The van der Waals surface area contributed by atoms with E-state index < -0.39 is 18.0 Å². The summed E-state index contributed by atoms with van der Waals surface area (Å²) in [4.78, 5) is 25.6. The van der Waals surface area contributed by atoms with E-state index in [9.17, 15) is 9.59 Å². The molecule has 1 atom stereocenters. The summed E-state index contributed by atoms with van der Waals surface area (Å²) in [6.45, 7) is 3.58. The highest BCUT2D eigenvalue weighted by Gasteiger charge is 2.17. The van der Waals surface area contributed by atoms with Gasteiger partial charge in [0, 0.05) is 10.9 Å². The first kappa shape index (κ1) is 24.7. The Kier molecular flexibility index (Phi) is 7.13. The van der Waals surface area contributed by atoms with E-state index in [2.05, 4.69) is 10.5 Å². The molecule has 0 radical (unpaired) electrons. The van der Waals surface area contributed by atoms with Crippen LogP contribution in [0.25, 0.3) is 21.5 Å². The van der Waals surface area contributed by atoms with Crippen LogP contribution in [0.15, 0.2) is 108 Å². The van der Waals surface area contributed by atoms with Crippen molar-refractivity contribution in [2.75, 3.05) is 0 Å². The van der Waals surface area contributed by atoms with Gasteiger partial charge in [-0.15, -0.1) is 0 Å². The summed E-state index contributed by atoms with van der Waals surface area (Å²) in [6, 6.07) is 32.0. The maximum Gasteiger partial charge on any atom is 0.343 e. The number of hydrogen-bond donors (Lipinski definition) is 1. The predicted octanol–water partition coefficient (Wildman–Crippen LogP) is 6.44. The van der Waals surface area contributed by atoms with E-state index in [0.717, 1.165) is 27.1 Å². The Morgan fingerprint density at radius 1 is 0.789 bits per heavy atom. The van der Waals surface area contributed by atoms with E-state index in [1.165, 1.54) is 6.21 Å². The molecule has 6 nitrogen and oxygen atoms in total. The van der Waals surface area contributed by atoms with Crippen LogP contribution in [0.4, 0.5) is 0 Å². The highest BCUT2D eigenvalue weighted by molar-refractivity contribution is 6.04. The summed E-state index contributed by atoms with van der Waals surface area (Å²) in [5.41, 5.74) is 4.54. The topological polar surface area (TPSA) is 77.0 Å². The van der Waals surface area contributed by atoms with E-state index in [4.69, 9.17) is 9.47 Å². The zero-order chi connectivity index (χ0) is 26.5. The molecular formula is C32H26N2O4. The summed E-state index contributed by atoms with van der Waals surface area (Å²) >= 11 is 0. The SMILES string of the molecule is Cc1cccc(C(=O)Oc2ccc3ccccc3c2C=NNC(=O)C(C)Oc2cccc3ccccc23)c1. The largest absolute Gasteiger partial charge is 0.480 e. The first-order chi connectivity index (χ1) is 18.5. The molecule has 0 spiro atoms. The van der Waals surface area contributed by atoms with E-state index in [-0.39, 0.29) is 0 Å². The van der Waals surface area contributed by atoms with Crippen LogP contribution in [0, 0.1) is 6.92 Å². The summed E-state index contributed by atoms with van der Waals surface area (Å²) in [5, 5.41) is 7.91. The predicted molar refractivity (Wildman–Crippen MR) is 150 cm³/mol. The average molecular weight is 503 g/mol. The summed E-state index contributed by atoms with van der Waals surface area (Å²) in [6.07, 6.45) is 0.702. The maximum atomic E-state index is 12.8. The number of aryl methyl sites for hydroxylation is 1. The molecule has 0 fully saturated rings. The molecule has 0 aliphatic rings. The lowest BCUT2D eigenvalue weighted by Gasteiger charge is -2.15. The summed E-state index contributed by atoms with van der Waals surface area (Å²) in [5.74, 6) is 0.0786. The Hall–Kier alpha value is -4.97. The van der Waals surface area contributed by atoms with Crippen molar-refractivity contribution in [3.63, 3.8) is 0 Å². The van der Waals surface area contributed by atoms with Gasteiger partial charge in [0.2, 0.25) is 0 Å². The molecule has 1 unspecified atom stereocenters. The Labute approximate surface area is 220 Å². The van der Waals surface area contributed by atoms with Crippen LogP contribution in [-0.2, 0) is 4.79 Å². The van der Waals surface area contributed by atoms with Crippen LogP contribution in [0.1, 0.15) is 28.4 Å². The van der Waals surface area contributed by atoms with E-state index in [0.29, 0.717) is 22.6 Å². The highest BCUT2D eigenvalue weighted by Crippen LogP contribution is 2.28. The maximum absolute atomic E-state index is 12.8. The molecule has 0 saturated heterocycles. The normalized spacial score (nSPS) is 11.9. The van der Waals surface area contributed by atoms with E-state index in [1.807, 2.05) is 91.9 Å². The number of amides is 1. The number of rotatable bonds is 7. The first-order valence-corrected chi connectivity index (χ1v) is 12.3. The number of hydrogen-bond acceptors (Lipinski definition) is 5. The molecule has 0 heterocycles. The fraction of sp³-hybridized carbons (Fsp3) is 0.0938. The Bertz CT molecular complexity index is 1670. The van der Waals surface area contributed by atoms with E-state index >= 15 is 0 Å². The van der Waals surface area contributed by atoms with Crippen LogP contribution < -0.4 is 14.9 Å². The molecule has 0 aliphatic heterocycles. The lowest BCUT2D eigenvalue weighted by atomic mass is 10.0. The number of nitrogens with zero attached hydrogens (tertiary/aromatic N) is 1. The van der Waals surface area contributed by atoms with Gasteiger partial charge in [-0.3, -0.25) is 4.79 Å². The molecule has 1 amide bonds. The zero-order valence-corrected chi connectivity index (χ0v) is 21.0. The quantitative estimate of drug-likeness (QED) is 0.120. The highest BCUT2D eigenvalue weighted by atomic mass is 16.5. The molecule has 1 N–H and O–H groups in total. The van der Waals surface area contributed by atoms with Crippen molar-refractivity contribution < 1.29 is 19.1 Å². The number of carbonyl (C=O) groups is 2. The number of nitrogens with one attached hydrogen (secondary N) is 1. The molecule has 0 saturated carbocycles. The van der Waals surface area contributed by atoms with Gasteiger partial charge < -0.3 is 9.47 Å². The van der Waals surface area contributed by atoms with Gasteiger partial charge in [-0.2, -0.15) is 5.10 Å². The monoisotopic (exact) mass is 502 g/mol. The van der Waals surface area contributed by atoms with Crippen LogP contribution in [0.5, 0.6) is 11.5 Å². The van der Waals surface area contributed by atoms with Crippen LogP contribution in [-0.4, -0.2) is 24.2 Å². The number of benzene rings is 5. The van der Waals surface area contributed by atoms with Crippen molar-refractivity contribution >= 4 is 39.6 Å². The van der Waals surface area contributed by atoms with Gasteiger partial charge in [0.05, 0.1) is 11.8 Å². The molecule has 188 valence electrons. The fourth-order valence-corrected chi connectivity index (χ4v) is 4.22. The van der Waals surface area contributed by atoms with Gasteiger partial charge in [0.15, 0.2) is 6.10 Å². The lowest BCUT2D eigenvalue weighted by Crippen LogP contribution is -2.33. The molecule has 5 aromatic rings. The van der Waals surface area contributed by atoms with Crippen molar-refractivity contribution in [3.05, 3.63) is 120 Å². The molecule has 5 aromatic carbocycles. The minimum absolute atomic E-state index is 0.341. The number of esters is 1. The number of hydrazone groups is 1. The van der Waals surface area contributed by atoms with Gasteiger partial charge in [-0.25, -0.2) is 10.2 Å². The van der Waals surface area contributed by atoms with Gasteiger partial charge in [-0.1, -0.05) is 84.4 Å². The Morgan fingerprint density at radius 2 is 1.47 bits per heavy atom. The number of carbonyl (C=O) groups excluding carboxylic acids is 2. The van der Waals surface area contributed by atoms with E-state index in [1.54, 1.807) is 25.1 Å². The van der Waals surface area contributed by atoms with Crippen molar-refractivity contribution in [2.45, 2.75) is 20.0 Å². The number of fused-ring (bicyclic) bond motifs is 2. The Balaban J connectivity index is 1.35. The van der Waals surface area contributed by atoms with Gasteiger partial charge in [0.25, 0.3) is 5.91 Å². The van der Waals surface area contributed by atoms with Crippen LogP contribution >= 0.6 is 0 Å². The number of ether oxygens (including phenoxy) is 2. The van der Waals surface area contributed by atoms with Gasteiger partial charge in [-0.05, 0) is 54.3 Å². The molecule has 5 rings (SSSR count). The molecule has 0 aliphatic carbocycles. The third-order valence-corrected chi connectivity index (χ3v) is 6.18.